The summed E-state index contributed by atoms with van der Waals surface area (Å²) in [5, 5.41) is 3.14. The highest BCUT2D eigenvalue weighted by Crippen LogP contribution is 2.39. The van der Waals surface area contributed by atoms with Crippen LogP contribution in [0.4, 0.5) is 5.00 Å². The highest BCUT2D eigenvalue weighted by Gasteiger charge is 2.23. The van der Waals surface area contributed by atoms with Crippen LogP contribution in [0.25, 0.3) is 11.1 Å². The molecule has 2 aromatic heterocycles. The molecule has 5 nitrogen and oxygen atoms in total. The molecule has 116 valence electrons. The molecular formula is C17H14N2O3S. The fourth-order valence-electron chi connectivity index (χ4n) is 2.39. The second kappa shape index (κ2) is 6.10. The van der Waals surface area contributed by atoms with Crippen molar-refractivity contribution < 1.29 is 14.0 Å². The van der Waals surface area contributed by atoms with Gasteiger partial charge < -0.3 is 15.5 Å². The van der Waals surface area contributed by atoms with Crippen molar-refractivity contribution in [1.29, 1.82) is 0 Å². The Bertz CT molecular complexity index is 852. The van der Waals surface area contributed by atoms with Crippen molar-refractivity contribution in [2.75, 3.05) is 5.32 Å². The average Bonchev–Trinajstić information content (AvgIpc) is 3.16. The minimum atomic E-state index is -0.581. The number of benzene rings is 1. The number of nitrogens with two attached hydrogens (primary N) is 1. The molecule has 1 aromatic carbocycles. The summed E-state index contributed by atoms with van der Waals surface area (Å²) in [7, 11) is 0. The molecule has 3 rings (SSSR count). The number of amides is 2. The molecule has 0 radical (unpaired) electrons. The second-order valence-corrected chi connectivity index (χ2v) is 6.12. The second-order valence-electron chi connectivity index (χ2n) is 4.90. The van der Waals surface area contributed by atoms with Crippen LogP contribution in [0.1, 0.15) is 25.8 Å². The molecular weight excluding hydrogens is 312 g/mol. The van der Waals surface area contributed by atoms with Crippen molar-refractivity contribution in [1.82, 2.24) is 0 Å². The number of hydrogen-bond donors (Lipinski definition) is 2. The Morgan fingerprint density at radius 3 is 2.48 bits per heavy atom. The highest BCUT2D eigenvalue weighted by atomic mass is 32.1. The van der Waals surface area contributed by atoms with Gasteiger partial charge in [0.2, 0.25) is 0 Å². The van der Waals surface area contributed by atoms with Crippen LogP contribution in [-0.4, -0.2) is 11.8 Å². The monoisotopic (exact) mass is 326 g/mol. The van der Waals surface area contributed by atoms with E-state index in [1.54, 1.807) is 12.1 Å². The number of furan rings is 1. The Kier molecular flexibility index (Phi) is 3.99. The summed E-state index contributed by atoms with van der Waals surface area (Å²) < 4.78 is 5.07. The number of primary amides is 1. The maximum absolute atomic E-state index is 12.2. The van der Waals surface area contributed by atoms with Crippen LogP contribution >= 0.6 is 11.3 Å². The minimum absolute atomic E-state index is 0.174. The Morgan fingerprint density at radius 2 is 1.87 bits per heavy atom. The van der Waals surface area contributed by atoms with Crippen LogP contribution in [0.15, 0.2) is 53.1 Å². The standard InChI is InChI=1S/C17H14N2O3S/c1-10-13(11-6-3-2-4-7-11)14(15(18)20)17(23-10)19-16(21)12-8-5-9-22-12/h2-9H,1H3,(H2,18,20)(H,19,21). The third-order valence-corrected chi connectivity index (χ3v) is 4.39. The maximum atomic E-state index is 12.2. The lowest BCUT2D eigenvalue weighted by atomic mass is 10.0. The molecule has 0 aliphatic heterocycles. The van der Waals surface area contributed by atoms with Crippen LogP contribution in [0, 0.1) is 6.92 Å². The summed E-state index contributed by atoms with van der Waals surface area (Å²) in [5.74, 6) is -0.825. The van der Waals surface area contributed by atoms with Gasteiger partial charge in [-0.05, 0) is 24.6 Å². The van der Waals surface area contributed by atoms with Crippen LogP contribution in [-0.2, 0) is 0 Å². The van der Waals surface area contributed by atoms with E-state index in [1.165, 1.54) is 17.6 Å². The molecule has 0 unspecified atom stereocenters. The van der Waals surface area contributed by atoms with Crippen LogP contribution in [0.3, 0.4) is 0 Å². The van der Waals surface area contributed by atoms with E-state index in [4.69, 9.17) is 10.2 Å². The van der Waals surface area contributed by atoms with E-state index < -0.39 is 11.8 Å². The number of hydrogen-bond acceptors (Lipinski definition) is 4. The number of carbonyl (C=O) groups is 2. The Labute approximate surface area is 136 Å². The van der Waals surface area contributed by atoms with E-state index in [0.29, 0.717) is 10.6 Å². The van der Waals surface area contributed by atoms with Gasteiger partial charge in [0.05, 0.1) is 11.8 Å². The van der Waals surface area contributed by atoms with Gasteiger partial charge in [0.25, 0.3) is 11.8 Å². The number of nitrogens with one attached hydrogen (secondary N) is 1. The molecule has 0 fully saturated rings. The Balaban J connectivity index is 2.05. The van der Waals surface area contributed by atoms with Gasteiger partial charge in [0.15, 0.2) is 5.76 Å². The van der Waals surface area contributed by atoms with Crippen molar-refractivity contribution in [2.24, 2.45) is 5.73 Å². The van der Waals surface area contributed by atoms with Gasteiger partial charge in [0.1, 0.15) is 5.00 Å². The fraction of sp³-hybridized carbons (Fsp3) is 0.0588. The molecule has 2 heterocycles. The van der Waals surface area contributed by atoms with Crippen molar-refractivity contribution in [2.45, 2.75) is 6.92 Å². The summed E-state index contributed by atoms with van der Waals surface area (Å²) in [4.78, 5) is 25.0. The van der Waals surface area contributed by atoms with Crippen molar-refractivity contribution in [3.8, 4) is 11.1 Å². The lowest BCUT2D eigenvalue weighted by Gasteiger charge is -2.06. The first kappa shape index (κ1) is 15.1. The Hall–Kier alpha value is -2.86. The SMILES string of the molecule is Cc1sc(NC(=O)c2ccco2)c(C(N)=O)c1-c1ccccc1. The smallest absolute Gasteiger partial charge is 0.291 e. The molecule has 0 bridgehead atoms. The van der Waals surface area contributed by atoms with Gasteiger partial charge in [-0.3, -0.25) is 9.59 Å². The predicted octanol–water partition coefficient (Wildman–Crippen LogP) is 3.67. The summed E-state index contributed by atoms with van der Waals surface area (Å²) >= 11 is 1.32. The zero-order chi connectivity index (χ0) is 16.4. The summed E-state index contributed by atoms with van der Waals surface area (Å²) in [6.07, 6.45) is 1.42. The van der Waals surface area contributed by atoms with Gasteiger partial charge in [-0.2, -0.15) is 0 Å². The zero-order valence-corrected chi connectivity index (χ0v) is 13.1. The first-order valence-electron chi connectivity index (χ1n) is 6.91. The lowest BCUT2D eigenvalue weighted by Crippen LogP contribution is -2.17. The van der Waals surface area contributed by atoms with Gasteiger partial charge in [-0.1, -0.05) is 30.3 Å². The first-order valence-corrected chi connectivity index (χ1v) is 7.73. The number of carbonyl (C=O) groups excluding carboxylic acids is 2. The van der Waals surface area contributed by atoms with E-state index in [0.717, 1.165) is 16.0 Å². The van der Waals surface area contributed by atoms with Crippen LogP contribution in [0.5, 0.6) is 0 Å². The van der Waals surface area contributed by atoms with Crippen LogP contribution < -0.4 is 11.1 Å². The number of anilines is 1. The quantitative estimate of drug-likeness (QED) is 0.767. The molecule has 3 aromatic rings. The van der Waals surface area contributed by atoms with E-state index >= 15 is 0 Å². The number of thiophene rings is 1. The van der Waals surface area contributed by atoms with Crippen molar-refractivity contribution >= 4 is 28.2 Å². The zero-order valence-electron chi connectivity index (χ0n) is 12.3. The highest BCUT2D eigenvalue weighted by molar-refractivity contribution is 7.17. The third kappa shape index (κ3) is 2.89. The fourth-order valence-corrected chi connectivity index (χ4v) is 3.47. The minimum Gasteiger partial charge on any atom is -0.459 e. The van der Waals surface area contributed by atoms with Gasteiger partial charge in [-0.15, -0.1) is 11.3 Å². The van der Waals surface area contributed by atoms with Gasteiger partial charge >= 0.3 is 0 Å². The normalized spacial score (nSPS) is 10.5. The third-order valence-electron chi connectivity index (χ3n) is 3.37. The van der Waals surface area contributed by atoms with Crippen molar-refractivity contribution in [3.05, 3.63) is 64.9 Å². The summed E-state index contributed by atoms with van der Waals surface area (Å²) in [6, 6.07) is 12.7. The van der Waals surface area contributed by atoms with E-state index in [-0.39, 0.29) is 5.76 Å². The van der Waals surface area contributed by atoms with Gasteiger partial charge in [-0.25, -0.2) is 0 Å². The number of rotatable bonds is 4. The average molecular weight is 326 g/mol. The summed E-state index contributed by atoms with van der Waals surface area (Å²) in [6.45, 7) is 1.89. The molecule has 0 aliphatic rings. The topological polar surface area (TPSA) is 85.3 Å². The first-order chi connectivity index (χ1) is 11.1. The van der Waals surface area contributed by atoms with Gasteiger partial charge in [0, 0.05) is 10.4 Å². The van der Waals surface area contributed by atoms with E-state index in [9.17, 15) is 9.59 Å². The summed E-state index contributed by atoms with van der Waals surface area (Å²) in [5.41, 5.74) is 7.50. The molecule has 0 aliphatic carbocycles. The van der Waals surface area contributed by atoms with E-state index in [1.807, 2.05) is 37.3 Å². The molecule has 6 heteroatoms. The molecule has 23 heavy (non-hydrogen) atoms. The molecule has 0 atom stereocenters. The predicted molar refractivity (Wildman–Crippen MR) is 89.7 cm³/mol. The number of aryl methyl sites for hydroxylation is 1. The Morgan fingerprint density at radius 1 is 1.13 bits per heavy atom. The van der Waals surface area contributed by atoms with Crippen molar-refractivity contribution in [3.63, 3.8) is 0 Å². The molecule has 3 N–H and O–H groups in total. The van der Waals surface area contributed by atoms with Crippen LogP contribution in [0.2, 0.25) is 0 Å². The largest absolute Gasteiger partial charge is 0.459 e. The molecule has 0 spiro atoms. The molecule has 0 saturated heterocycles. The lowest BCUT2D eigenvalue weighted by molar-refractivity contribution is 0.0997. The molecule has 2 amide bonds. The maximum Gasteiger partial charge on any atom is 0.291 e. The molecule has 0 saturated carbocycles. The van der Waals surface area contributed by atoms with E-state index in [2.05, 4.69) is 5.32 Å².